The number of amides is 2. The number of carbonyl (C=O) groups excluding carboxylic acids is 1. The highest BCUT2D eigenvalue weighted by atomic mass is 16.5. The molecule has 0 bridgehead atoms. The maximum absolute atomic E-state index is 12.0. The molecule has 1 aliphatic rings. The number of morpholine rings is 1. The number of rotatable bonds is 2. The summed E-state index contributed by atoms with van der Waals surface area (Å²) in [7, 11) is 1.78. The fourth-order valence-corrected chi connectivity index (χ4v) is 1.91. The van der Waals surface area contributed by atoms with Gasteiger partial charge in [-0.1, -0.05) is 0 Å². The third kappa shape index (κ3) is 3.09. The third-order valence-electron chi connectivity index (χ3n) is 2.76. The van der Waals surface area contributed by atoms with Crippen LogP contribution in [0.2, 0.25) is 0 Å². The Hall–Kier alpha value is -0.810. The van der Waals surface area contributed by atoms with Gasteiger partial charge in [0.15, 0.2) is 0 Å². The van der Waals surface area contributed by atoms with E-state index in [1.165, 1.54) is 0 Å². The van der Waals surface area contributed by atoms with Crippen LogP contribution in [0.3, 0.4) is 0 Å². The summed E-state index contributed by atoms with van der Waals surface area (Å²) < 4.78 is 5.65. The molecule has 0 aromatic carbocycles. The fraction of sp³-hybridized carbons (Fsp3) is 0.909. The van der Waals surface area contributed by atoms with E-state index in [1.54, 1.807) is 16.8 Å². The van der Waals surface area contributed by atoms with Crippen molar-refractivity contribution in [3.05, 3.63) is 0 Å². The molecule has 1 aliphatic heterocycles. The summed E-state index contributed by atoms with van der Waals surface area (Å²) in [6.45, 7) is 7.45. The van der Waals surface area contributed by atoms with Gasteiger partial charge in [0.2, 0.25) is 0 Å². The molecule has 0 aliphatic carbocycles. The average molecular weight is 230 g/mol. The molecule has 1 rings (SSSR count). The Bertz CT molecular complexity index is 256. The summed E-state index contributed by atoms with van der Waals surface area (Å²) in [4.78, 5) is 15.4. The predicted molar refractivity (Wildman–Crippen MR) is 61.3 cm³/mol. The molecule has 0 aromatic rings. The van der Waals surface area contributed by atoms with E-state index < -0.39 is 5.60 Å². The van der Waals surface area contributed by atoms with Crippen LogP contribution in [0.4, 0.5) is 4.79 Å². The van der Waals surface area contributed by atoms with Crippen LogP contribution < -0.4 is 0 Å². The van der Waals surface area contributed by atoms with Crippen LogP contribution in [0.5, 0.6) is 0 Å². The Kier molecular flexibility index (Phi) is 4.15. The predicted octanol–water partition coefficient (Wildman–Crippen LogP) is 0.530. The zero-order valence-electron chi connectivity index (χ0n) is 10.6. The van der Waals surface area contributed by atoms with Crippen LogP contribution in [0.25, 0.3) is 0 Å². The third-order valence-corrected chi connectivity index (χ3v) is 2.76. The number of ether oxygens (including phenoxy) is 1. The van der Waals surface area contributed by atoms with E-state index in [-0.39, 0.29) is 18.7 Å². The van der Waals surface area contributed by atoms with E-state index in [2.05, 4.69) is 0 Å². The molecule has 5 nitrogen and oxygen atoms in total. The minimum Gasteiger partial charge on any atom is -0.394 e. The second-order valence-corrected chi connectivity index (χ2v) is 4.86. The Morgan fingerprint density at radius 1 is 1.62 bits per heavy atom. The first-order chi connectivity index (χ1) is 7.39. The van der Waals surface area contributed by atoms with Crippen molar-refractivity contribution < 1.29 is 14.6 Å². The molecule has 1 heterocycles. The van der Waals surface area contributed by atoms with Crippen molar-refractivity contribution in [2.45, 2.75) is 32.5 Å². The molecule has 0 saturated carbocycles. The first-order valence-corrected chi connectivity index (χ1v) is 5.68. The van der Waals surface area contributed by atoms with Crippen LogP contribution >= 0.6 is 0 Å². The fourth-order valence-electron chi connectivity index (χ4n) is 1.91. The highest BCUT2D eigenvalue weighted by Crippen LogP contribution is 2.21. The number of aliphatic hydroxyl groups excluding tert-OH is 1. The molecule has 1 fully saturated rings. The minimum absolute atomic E-state index is 0.00248. The monoisotopic (exact) mass is 230 g/mol. The van der Waals surface area contributed by atoms with Crippen LogP contribution in [0.1, 0.15) is 20.8 Å². The largest absolute Gasteiger partial charge is 0.394 e. The Morgan fingerprint density at radius 2 is 2.25 bits per heavy atom. The van der Waals surface area contributed by atoms with E-state index in [4.69, 9.17) is 9.84 Å². The number of urea groups is 1. The smallest absolute Gasteiger partial charge is 0.319 e. The molecular weight excluding hydrogens is 208 g/mol. The molecular formula is C11H22N2O3. The van der Waals surface area contributed by atoms with Gasteiger partial charge in [-0.15, -0.1) is 0 Å². The maximum atomic E-state index is 12.0. The van der Waals surface area contributed by atoms with Gasteiger partial charge in [-0.25, -0.2) is 4.79 Å². The quantitative estimate of drug-likeness (QED) is 0.753. The average Bonchev–Trinajstić information content (AvgIpc) is 2.24. The number of hydrogen-bond acceptors (Lipinski definition) is 3. The van der Waals surface area contributed by atoms with E-state index in [0.29, 0.717) is 19.6 Å². The van der Waals surface area contributed by atoms with Crippen LogP contribution in [0, 0.1) is 0 Å². The van der Waals surface area contributed by atoms with Gasteiger partial charge in [-0.05, 0) is 20.8 Å². The zero-order chi connectivity index (χ0) is 12.3. The van der Waals surface area contributed by atoms with Gasteiger partial charge in [0, 0.05) is 13.6 Å². The molecule has 0 radical (unpaired) electrons. The summed E-state index contributed by atoms with van der Waals surface area (Å²) >= 11 is 0. The molecule has 16 heavy (non-hydrogen) atoms. The molecule has 1 atom stereocenters. The van der Waals surface area contributed by atoms with E-state index in [9.17, 15) is 4.79 Å². The van der Waals surface area contributed by atoms with Gasteiger partial charge in [0.1, 0.15) is 0 Å². The standard InChI is InChI=1S/C11H22N2O3/c1-5-12(4)10(15)13-6-9(7-14)16-11(2,3)8-13/h9,14H,5-8H2,1-4H3. The van der Waals surface area contributed by atoms with Crippen LogP contribution in [-0.4, -0.2) is 65.9 Å². The lowest BCUT2D eigenvalue weighted by Gasteiger charge is -2.43. The Balaban J connectivity index is 2.69. The van der Waals surface area contributed by atoms with Gasteiger partial charge in [0.05, 0.1) is 31.4 Å². The molecule has 0 spiro atoms. The highest BCUT2D eigenvalue weighted by Gasteiger charge is 2.35. The lowest BCUT2D eigenvalue weighted by Crippen LogP contribution is -2.57. The van der Waals surface area contributed by atoms with Gasteiger partial charge in [-0.2, -0.15) is 0 Å². The van der Waals surface area contributed by atoms with Crippen molar-refractivity contribution in [1.29, 1.82) is 0 Å². The van der Waals surface area contributed by atoms with Crippen molar-refractivity contribution in [3.8, 4) is 0 Å². The molecule has 2 amide bonds. The SMILES string of the molecule is CCN(C)C(=O)N1CC(CO)OC(C)(C)C1. The van der Waals surface area contributed by atoms with Gasteiger partial charge < -0.3 is 19.6 Å². The first kappa shape index (κ1) is 13.3. The summed E-state index contributed by atoms with van der Waals surface area (Å²) in [6.07, 6.45) is -0.280. The minimum atomic E-state index is -0.393. The molecule has 1 N–H and O–H groups in total. The Morgan fingerprint density at radius 3 is 2.75 bits per heavy atom. The second kappa shape index (κ2) is 5.01. The summed E-state index contributed by atoms with van der Waals surface area (Å²) in [5.41, 5.74) is -0.393. The van der Waals surface area contributed by atoms with Gasteiger partial charge in [0.25, 0.3) is 0 Å². The summed E-state index contributed by atoms with van der Waals surface area (Å²) in [5, 5.41) is 9.14. The number of nitrogens with zero attached hydrogens (tertiary/aromatic N) is 2. The van der Waals surface area contributed by atoms with Crippen LogP contribution in [-0.2, 0) is 4.74 Å². The van der Waals surface area contributed by atoms with Crippen molar-refractivity contribution in [3.63, 3.8) is 0 Å². The van der Waals surface area contributed by atoms with Crippen molar-refractivity contribution in [2.75, 3.05) is 33.3 Å². The topological polar surface area (TPSA) is 53.0 Å². The Labute approximate surface area is 97.0 Å². The lowest BCUT2D eigenvalue weighted by atomic mass is 10.1. The van der Waals surface area contributed by atoms with Crippen molar-refractivity contribution in [1.82, 2.24) is 9.80 Å². The summed E-state index contributed by atoms with van der Waals surface area (Å²) in [5.74, 6) is 0. The second-order valence-electron chi connectivity index (χ2n) is 4.86. The lowest BCUT2D eigenvalue weighted by molar-refractivity contribution is -0.139. The number of carbonyl (C=O) groups is 1. The molecule has 1 unspecified atom stereocenters. The van der Waals surface area contributed by atoms with Crippen molar-refractivity contribution in [2.24, 2.45) is 0 Å². The molecule has 1 saturated heterocycles. The van der Waals surface area contributed by atoms with Gasteiger partial charge in [-0.3, -0.25) is 0 Å². The molecule has 0 aromatic heterocycles. The van der Waals surface area contributed by atoms with E-state index in [0.717, 1.165) is 0 Å². The molecule has 94 valence electrons. The van der Waals surface area contributed by atoms with Crippen LogP contribution in [0.15, 0.2) is 0 Å². The van der Waals surface area contributed by atoms with E-state index >= 15 is 0 Å². The zero-order valence-corrected chi connectivity index (χ0v) is 10.6. The number of hydrogen-bond donors (Lipinski definition) is 1. The normalized spacial score (nSPS) is 24.3. The molecule has 5 heteroatoms. The number of aliphatic hydroxyl groups is 1. The maximum Gasteiger partial charge on any atom is 0.319 e. The summed E-state index contributed by atoms with van der Waals surface area (Å²) in [6, 6.07) is -0.00248. The highest BCUT2D eigenvalue weighted by molar-refractivity contribution is 5.74. The van der Waals surface area contributed by atoms with E-state index in [1.807, 2.05) is 20.8 Å². The first-order valence-electron chi connectivity index (χ1n) is 5.68. The van der Waals surface area contributed by atoms with Crippen molar-refractivity contribution >= 4 is 6.03 Å². The van der Waals surface area contributed by atoms with Gasteiger partial charge >= 0.3 is 6.03 Å².